The quantitative estimate of drug-likeness (QED) is 0.282. The lowest BCUT2D eigenvalue weighted by molar-refractivity contribution is -0.125. The minimum atomic E-state index is -3.70. The highest BCUT2D eigenvalue weighted by Crippen LogP contribution is 2.32. The fraction of sp³-hybridized carbons (Fsp3) is 0.586. The molecule has 12 heteroatoms. The average molecular weight is 589 g/mol. The second-order valence-corrected chi connectivity index (χ2v) is 12.9. The van der Waals surface area contributed by atoms with E-state index in [0.29, 0.717) is 37.2 Å². The van der Waals surface area contributed by atoms with Crippen molar-refractivity contribution in [3.8, 4) is 0 Å². The Morgan fingerprint density at radius 2 is 1.59 bits per heavy atom. The molecule has 1 saturated heterocycles. The number of hydrogen-bond acceptors (Lipinski definition) is 6. The summed E-state index contributed by atoms with van der Waals surface area (Å²) in [5.74, 6) is 0.317. The highest BCUT2D eigenvalue weighted by Gasteiger charge is 2.46. The lowest BCUT2D eigenvalue weighted by Crippen LogP contribution is -2.50. The number of amidine groups is 1. The molecule has 0 saturated carbocycles. The molecule has 0 radical (unpaired) electrons. The second-order valence-electron chi connectivity index (χ2n) is 11.1. The first kappa shape index (κ1) is 32.3. The zero-order chi connectivity index (χ0) is 30.2. The first-order valence-corrected chi connectivity index (χ1v) is 15.9. The van der Waals surface area contributed by atoms with E-state index in [0.717, 1.165) is 61.6 Å². The minimum absolute atomic E-state index is 0.137. The molecule has 2 heterocycles. The number of aryl methyl sites for hydroxylation is 2. The Hall–Kier alpha value is -3.25. The lowest BCUT2D eigenvalue weighted by Gasteiger charge is -2.34. The predicted octanol–water partition coefficient (Wildman–Crippen LogP) is 3.48. The molecule has 3 rings (SSSR count). The van der Waals surface area contributed by atoms with Gasteiger partial charge < -0.3 is 16.8 Å². The van der Waals surface area contributed by atoms with Gasteiger partial charge in [0, 0.05) is 44.1 Å². The van der Waals surface area contributed by atoms with Crippen molar-refractivity contribution in [1.29, 1.82) is 0 Å². The summed E-state index contributed by atoms with van der Waals surface area (Å²) in [4.78, 5) is 41.2. The molecule has 0 aromatic heterocycles. The number of benzene rings is 1. The Morgan fingerprint density at radius 1 is 1.02 bits per heavy atom. The van der Waals surface area contributed by atoms with Gasteiger partial charge in [-0.15, -0.1) is 0 Å². The Labute approximate surface area is 243 Å². The summed E-state index contributed by atoms with van der Waals surface area (Å²) in [5, 5.41) is 4.14. The highest BCUT2D eigenvalue weighted by molar-refractivity contribution is 7.92. The molecule has 226 valence electrons. The third kappa shape index (κ3) is 8.62. The number of amides is 4. The van der Waals surface area contributed by atoms with Gasteiger partial charge in [0.15, 0.2) is 0 Å². The van der Waals surface area contributed by atoms with E-state index in [1.807, 2.05) is 13.8 Å². The van der Waals surface area contributed by atoms with Gasteiger partial charge in [0.2, 0.25) is 15.9 Å². The van der Waals surface area contributed by atoms with Crippen LogP contribution in [0.5, 0.6) is 0 Å². The molecule has 2 aliphatic heterocycles. The Balaban J connectivity index is 1.50. The van der Waals surface area contributed by atoms with Crippen LogP contribution < -0.4 is 21.7 Å². The van der Waals surface area contributed by atoms with Crippen LogP contribution in [0.2, 0.25) is 0 Å². The van der Waals surface area contributed by atoms with E-state index in [1.165, 1.54) is 14.6 Å². The molecular weight excluding hydrogens is 544 g/mol. The molecule has 0 atom stereocenters. The van der Waals surface area contributed by atoms with Crippen molar-refractivity contribution in [2.45, 2.75) is 90.0 Å². The zero-order valence-corrected chi connectivity index (χ0v) is 25.3. The van der Waals surface area contributed by atoms with E-state index in [9.17, 15) is 22.8 Å². The maximum Gasteiger partial charge on any atom is 0.318 e. The van der Waals surface area contributed by atoms with Crippen molar-refractivity contribution >= 4 is 45.5 Å². The summed E-state index contributed by atoms with van der Waals surface area (Å²) in [6.45, 7) is 4.14. The van der Waals surface area contributed by atoms with Gasteiger partial charge >= 0.3 is 6.03 Å². The largest absolute Gasteiger partial charge is 0.370 e. The standard InChI is InChI=1S/C29H44N6O5S/c1-21-19-23(34(3)28(31)38)20-22(2)24(21)13-18-41(39,40)35-16-14-29(15-17-35)27(37)32-26(33-29)12-10-8-6-4-5-7-9-11-25(30)36/h13,18-20H,4-12,14-17H2,1-3H3,(H2,30,36)(H2,31,38)(H,32,33,37)/b18-13+. The molecular formula is C29H44N6O5S. The van der Waals surface area contributed by atoms with Crippen LogP contribution in [0.3, 0.4) is 0 Å². The first-order chi connectivity index (χ1) is 19.3. The molecule has 1 fully saturated rings. The molecule has 2 aliphatic rings. The van der Waals surface area contributed by atoms with Gasteiger partial charge in [-0.05, 0) is 74.4 Å². The minimum Gasteiger partial charge on any atom is -0.370 e. The molecule has 5 N–H and O–H groups in total. The number of sulfonamides is 1. The van der Waals surface area contributed by atoms with Gasteiger partial charge in [-0.3, -0.25) is 19.5 Å². The van der Waals surface area contributed by atoms with Crippen molar-refractivity contribution in [2.24, 2.45) is 16.5 Å². The number of nitrogens with two attached hydrogens (primary N) is 2. The van der Waals surface area contributed by atoms with Crippen LogP contribution in [0.15, 0.2) is 22.5 Å². The Bertz CT molecular complexity index is 1280. The number of nitrogens with zero attached hydrogens (tertiary/aromatic N) is 3. The van der Waals surface area contributed by atoms with Gasteiger partial charge in [0.05, 0.1) is 0 Å². The zero-order valence-electron chi connectivity index (χ0n) is 24.4. The lowest BCUT2D eigenvalue weighted by atomic mass is 9.89. The van der Waals surface area contributed by atoms with E-state index in [4.69, 9.17) is 16.5 Å². The third-order valence-corrected chi connectivity index (χ3v) is 9.54. The first-order valence-electron chi connectivity index (χ1n) is 14.4. The number of primary amides is 2. The average Bonchev–Trinajstić information content (AvgIpc) is 3.20. The van der Waals surface area contributed by atoms with Crippen molar-refractivity contribution in [1.82, 2.24) is 9.62 Å². The van der Waals surface area contributed by atoms with Gasteiger partial charge in [-0.25, -0.2) is 13.2 Å². The number of urea groups is 1. The Morgan fingerprint density at radius 3 is 2.15 bits per heavy atom. The van der Waals surface area contributed by atoms with Crippen molar-refractivity contribution in [2.75, 3.05) is 25.0 Å². The van der Waals surface area contributed by atoms with E-state index in [-0.39, 0.29) is 24.9 Å². The van der Waals surface area contributed by atoms with E-state index in [1.54, 1.807) is 25.3 Å². The topological polar surface area (TPSA) is 168 Å². The van der Waals surface area contributed by atoms with Crippen LogP contribution in [0.1, 0.15) is 87.3 Å². The van der Waals surface area contributed by atoms with E-state index in [2.05, 4.69) is 5.32 Å². The van der Waals surface area contributed by atoms with Crippen LogP contribution in [0.25, 0.3) is 6.08 Å². The van der Waals surface area contributed by atoms with Crippen molar-refractivity contribution in [3.05, 3.63) is 34.2 Å². The summed E-state index contributed by atoms with van der Waals surface area (Å²) >= 11 is 0. The number of anilines is 1. The van der Waals surface area contributed by atoms with Crippen LogP contribution in [-0.4, -0.2) is 62.1 Å². The summed E-state index contributed by atoms with van der Waals surface area (Å²) in [7, 11) is -2.12. The number of rotatable bonds is 14. The van der Waals surface area contributed by atoms with Gasteiger partial charge in [-0.2, -0.15) is 4.31 Å². The molecule has 0 bridgehead atoms. The second kappa shape index (κ2) is 14.1. The molecule has 41 heavy (non-hydrogen) atoms. The molecule has 4 amide bonds. The fourth-order valence-electron chi connectivity index (χ4n) is 5.40. The number of unbranched alkanes of at least 4 members (excludes halogenated alkanes) is 6. The maximum atomic E-state index is 13.1. The monoisotopic (exact) mass is 588 g/mol. The number of aliphatic imine (C=N–C) groups is 1. The maximum absolute atomic E-state index is 13.1. The summed E-state index contributed by atoms with van der Waals surface area (Å²) in [6, 6.07) is 3.00. The van der Waals surface area contributed by atoms with E-state index >= 15 is 0 Å². The summed E-state index contributed by atoms with van der Waals surface area (Å²) < 4.78 is 27.6. The van der Waals surface area contributed by atoms with Gasteiger partial charge in [0.1, 0.15) is 11.4 Å². The van der Waals surface area contributed by atoms with Crippen LogP contribution in [0.4, 0.5) is 10.5 Å². The van der Waals surface area contributed by atoms with E-state index < -0.39 is 21.6 Å². The van der Waals surface area contributed by atoms with Crippen LogP contribution in [-0.2, 0) is 19.6 Å². The van der Waals surface area contributed by atoms with Crippen LogP contribution in [0, 0.1) is 13.8 Å². The molecule has 0 unspecified atom stereocenters. The molecule has 1 spiro atoms. The number of hydrogen-bond donors (Lipinski definition) is 3. The Kier molecular flexibility index (Phi) is 11.1. The summed E-state index contributed by atoms with van der Waals surface area (Å²) in [6.07, 6.45) is 10.5. The fourth-order valence-corrected chi connectivity index (χ4v) is 6.58. The number of piperidine rings is 1. The molecule has 11 nitrogen and oxygen atoms in total. The molecule has 1 aromatic rings. The molecule has 0 aliphatic carbocycles. The predicted molar refractivity (Wildman–Crippen MR) is 162 cm³/mol. The normalized spacial score (nSPS) is 17.1. The summed E-state index contributed by atoms with van der Waals surface area (Å²) in [5.41, 5.74) is 12.7. The van der Waals surface area contributed by atoms with Crippen molar-refractivity contribution in [3.63, 3.8) is 0 Å². The van der Waals surface area contributed by atoms with Gasteiger partial charge in [0.25, 0.3) is 5.91 Å². The number of nitrogens with one attached hydrogen (secondary N) is 1. The SMILES string of the molecule is Cc1cc(N(C)C(N)=O)cc(C)c1/C=C/S(=O)(=O)N1CCC2(CC1)N=C(CCCCCCCCCC(N)=O)NC2=O. The number of carbonyl (C=O) groups excluding carboxylic acids is 3. The third-order valence-electron chi connectivity index (χ3n) is 7.98. The van der Waals surface area contributed by atoms with Gasteiger partial charge in [-0.1, -0.05) is 32.1 Å². The van der Waals surface area contributed by atoms with Crippen LogP contribution >= 0.6 is 0 Å². The molecule has 1 aromatic carbocycles. The van der Waals surface area contributed by atoms with Crippen molar-refractivity contribution < 1.29 is 22.8 Å². The highest BCUT2D eigenvalue weighted by atomic mass is 32.2. The smallest absolute Gasteiger partial charge is 0.318 e. The number of carbonyl (C=O) groups is 3.